The molecule has 2 amide bonds. The first-order chi connectivity index (χ1) is 19.2. The van der Waals surface area contributed by atoms with Gasteiger partial charge in [-0.2, -0.15) is 0 Å². The van der Waals surface area contributed by atoms with E-state index in [0.717, 1.165) is 0 Å². The maximum atomic E-state index is 13.5. The molecule has 3 aromatic carbocycles. The van der Waals surface area contributed by atoms with Gasteiger partial charge < -0.3 is 24.6 Å². The third kappa shape index (κ3) is 8.62. The minimum atomic E-state index is -4.05. The van der Waals surface area contributed by atoms with Crippen LogP contribution in [0, 0.1) is 0 Å². The summed E-state index contributed by atoms with van der Waals surface area (Å²) in [7, 11) is 2.35. The summed E-state index contributed by atoms with van der Waals surface area (Å²) in [6.07, 6.45) is -0.423. The van der Waals surface area contributed by atoms with E-state index < -0.39 is 21.7 Å². The smallest absolute Gasteiger partial charge is 0.410 e. The second-order valence-electron chi connectivity index (χ2n) is 10.7. The lowest BCUT2D eigenvalue weighted by molar-refractivity contribution is 0.0305. The highest BCUT2D eigenvalue weighted by Crippen LogP contribution is 2.32. The first kappa shape index (κ1) is 31.3. The number of nitrogens with one attached hydrogen (secondary N) is 2. The Bertz CT molecular complexity index is 1500. The third-order valence-electron chi connectivity index (χ3n) is 5.90. The lowest BCUT2D eigenvalue weighted by Gasteiger charge is -2.24. The van der Waals surface area contributed by atoms with Crippen molar-refractivity contribution in [1.82, 2.24) is 9.80 Å². The van der Waals surface area contributed by atoms with Gasteiger partial charge in [-0.1, -0.05) is 24.3 Å². The number of methoxy groups -OCH3 is 1. The predicted octanol–water partition coefficient (Wildman–Crippen LogP) is 5.14. The van der Waals surface area contributed by atoms with Crippen LogP contribution in [0.15, 0.2) is 71.6 Å². The van der Waals surface area contributed by atoms with Crippen LogP contribution < -0.4 is 14.8 Å². The number of rotatable bonds is 10. The number of nitrogens with zero attached hydrogens (tertiary/aromatic N) is 2. The van der Waals surface area contributed by atoms with Crippen LogP contribution in [0.2, 0.25) is 0 Å². The largest absolute Gasteiger partial charge is 0.495 e. The lowest BCUT2D eigenvalue weighted by Crippen LogP contribution is -2.36. The zero-order chi connectivity index (χ0) is 30.4. The maximum absolute atomic E-state index is 13.5. The van der Waals surface area contributed by atoms with Gasteiger partial charge >= 0.3 is 6.09 Å². The molecule has 0 saturated heterocycles. The molecule has 0 bridgehead atoms. The number of benzene rings is 3. The second kappa shape index (κ2) is 12.9. The molecular formula is C30H38N4O6S. The van der Waals surface area contributed by atoms with E-state index in [9.17, 15) is 18.0 Å². The highest BCUT2D eigenvalue weighted by molar-refractivity contribution is 7.92. The first-order valence-corrected chi connectivity index (χ1v) is 14.5. The zero-order valence-corrected chi connectivity index (χ0v) is 25.3. The first-order valence-electron chi connectivity index (χ1n) is 13.0. The van der Waals surface area contributed by atoms with Crippen molar-refractivity contribution in [2.24, 2.45) is 0 Å². The Morgan fingerprint density at radius 1 is 0.878 bits per heavy atom. The summed E-state index contributed by atoms with van der Waals surface area (Å²) in [6, 6.07) is 18.7. The topological polar surface area (TPSA) is 117 Å². The normalized spacial score (nSPS) is 11.4. The van der Waals surface area contributed by atoms with E-state index in [2.05, 4.69) is 10.0 Å². The van der Waals surface area contributed by atoms with Crippen LogP contribution >= 0.6 is 0 Å². The Balaban J connectivity index is 1.77. The fourth-order valence-electron chi connectivity index (χ4n) is 3.86. The van der Waals surface area contributed by atoms with Crippen molar-refractivity contribution in [3.8, 4) is 16.9 Å². The van der Waals surface area contributed by atoms with Crippen LogP contribution in [0.5, 0.6) is 5.75 Å². The van der Waals surface area contributed by atoms with Crippen molar-refractivity contribution in [2.45, 2.75) is 31.3 Å². The third-order valence-corrected chi connectivity index (χ3v) is 7.30. The highest BCUT2D eigenvalue weighted by Gasteiger charge is 2.22. The fraction of sp³-hybridized carbons (Fsp3) is 0.333. The molecule has 2 N–H and O–H groups in total. The molecular weight excluding hydrogens is 544 g/mol. The van der Waals surface area contributed by atoms with Gasteiger partial charge in [-0.3, -0.25) is 9.52 Å². The molecule has 0 fully saturated rings. The summed E-state index contributed by atoms with van der Waals surface area (Å²) in [4.78, 5) is 27.5. The SMILES string of the molecule is COc1ccc(-c2cccc(C(=O)N(C)C)c2)cc1S(=O)(=O)Nc1cccc(NCCN(C)C(=O)OC(C)(C)C)c1. The van der Waals surface area contributed by atoms with Crippen molar-refractivity contribution in [2.75, 3.05) is 51.4 Å². The molecule has 0 radical (unpaired) electrons. The van der Waals surface area contributed by atoms with Crippen molar-refractivity contribution < 1.29 is 27.5 Å². The summed E-state index contributed by atoms with van der Waals surface area (Å²) >= 11 is 0. The predicted molar refractivity (Wildman–Crippen MR) is 161 cm³/mol. The molecule has 3 aromatic rings. The minimum absolute atomic E-state index is 0.0424. The Kier molecular flexibility index (Phi) is 9.88. The quantitative estimate of drug-likeness (QED) is 0.340. The van der Waals surface area contributed by atoms with Gasteiger partial charge in [0, 0.05) is 45.5 Å². The Labute approximate surface area is 242 Å². The van der Waals surface area contributed by atoms with E-state index in [1.807, 2.05) is 6.07 Å². The molecule has 0 aliphatic heterocycles. The monoisotopic (exact) mass is 582 g/mol. The molecule has 11 heteroatoms. The Hall–Kier alpha value is -4.25. The highest BCUT2D eigenvalue weighted by atomic mass is 32.2. The van der Waals surface area contributed by atoms with Crippen molar-refractivity contribution >= 4 is 33.4 Å². The lowest BCUT2D eigenvalue weighted by atomic mass is 10.0. The van der Waals surface area contributed by atoms with Crippen LogP contribution in [0.1, 0.15) is 31.1 Å². The van der Waals surface area contributed by atoms with Gasteiger partial charge in [0.15, 0.2) is 0 Å². The standard InChI is InChI=1S/C30H38N4O6S/c1-30(2,3)40-29(36)34(6)17-16-31-24-12-9-13-25(20-24)32-41(37,38)27-19-22(14-15-26(27)39-7)21-10-8-11-23(18-21)28(35)33(4)5/h8-15,18-20,31-32H,16-17H2,1-7H3. The second-order valence-corrected chi connectivity index (χ2v) is 12.3. The van der Waals surface area contributed by atoms with Gasteiger partial charge in [-0.25, -0.2) is 13.2 Å². The maximum Gasteiger partial charge on any atom is 0.410 e. The van der Waals surface area contributed by atoms with Gasteiger partial charge in [0.25, 0.3) is 15.9 Å². The summed E-state index contributed by atoms with van der Waals surface area (Å²) in [5.74, 6) is 0.0288. The number of hydrogen-bond acceptors (Lipinski definition) is 7. The molecule has 0 aliphatic rings. The van der Waals surface area contributed by atoms with Crippen LogP contribution in [0.3, 0.4) is 0 Å². The number of sulfonamides is 1. The van der Waals surface area contributed by atoms with Crippen LogP contribution in [-0.2, 0) is 14.8 Å². The van der Waals surface area contributed by atoms with Gasteiger partial charge in [-0.15, -0.1) is 0 Å². The minimum Gasteiger partial charge on any atom is -0.495 e. The van der Waals surface area contributed by atoms with Gasteiger partial charge in [0.1, 0.15) is 16.2 Å². The number of anilines is 2. The van der Waals surface area contributed by atoms with Crippen molar-refractivity contribution in [3.63, 3.8) is 0 Å². The van der Waals surface area contributed by atoms with Crippen molar-refractivity contribution in [1.29, 1.82) is 0 Å². The van der Waals surface area contributed by atoms with E-state index in [1.165, 1.54) is 23.0 Å². The van der Waals surface area contributed by atoms with Crippen LogP contribution in [-0.4, -0.2) is 77.2 Å². The molecule has 0 spiro atoms. The van der Waals surface area contributed by atoms with E-state index in [4.69, 9.17) is 9.47 Å². The van der Waals surface area contributed by atoms with E-state index in [-0.39, 0.29) is 16.6 Å². The van der Waals surface area contributed by atoms with E-state index in [1.54, 1.807) is 96.5 Å². The Morgan fingerprint density at radius 3 is 2.20 bits per heavy atom. The summed E-state index contributed by atoms with van der Waals surface area (Å²) in [5, 5.41) is 3.19. The molecule has 0 atom stereocenters. The van der Waals surface area contributed by atoms with E-state index >= 15 is 0 Å². The molecule has 3 rings (SSSR count). The summed E-state index contributed by atoms with van der Waals surface area (Å²) in [6.45, 7) is 6.23. The van der Waals surface area contributed by atoms with E-state index in [0.29, 0.717) is 41.2 Å². The number of hydrogen-bond donors (Lipinski definition) is 2. The average Bonchev–Trinajstić information content (AvgIpc) is 2.91. The molecule has 0 aliphatic carbocycles. The van der Waals surface area contributed by atoms with Gasteiger partial charge in [0.05, 0.1) is 12.8 Å². The van der Waals surface area contributed by atoms with Crippen LogP contribution in [0.4, 0.5) is 16.2 Å². The number of likely N-dealkylation sites (N-methyl/N-ethyl adjacent to an activating group) is 1. The Morgan fingerprint density at radius 2 is 1.54 bits per heavy atom. The average molecular weight is 583 g/mol. The zero-order valence-electron chi connectivity index (χ0n) is 24.5. The molecule has 0 heterocycles. The van der Waals surface area contributed by atoms with Gasteiger partial charge in [0.2, 0.25) is 0 Å². The summed E-state index contributed by atoms with van der Waals surface area (Å²) in [5.41, 5.74) is 2.24. The van der Waals surface area contributed by atoms with Crippen LogP contribution in [0.25, 0.3) is 11.1 Å². The molecule has 41 heavy (non-hydrogen) atoms. The molecule has 0 aromatic heterocycles. The molecule has 0 unspecified atom stereocenters. The summed E-state index contributed by atoms with van der Waals surface area (Å²) < 4.78 is 40.4. The number of carbonyl (C=O) groups excluding carboxylic acids is 2. The molecule has 10 nitrogen and oxygen atoms in total. The van der Waals surface area contributed by atoms with Crippen molar-refractivity contribution in [3.05, 3.63) is 72.3 Å². The number of amides is 2. The molecule has 0 saturated carbocycles. The number of ether oxygens (including phenoxy) is 2. The molecule has 220 valence electrons. The van der Waals surface area contributed by atoms with Gasteiger partial charge in [-0.05, 0) is 74.4 Å². The number of carbonyl (C=O) groups is 2. The fourth-order valence-corrected chi connectivity index (χ4v) is 5.10.